The lowest BCUT2D eigenvalue weighted by Gasteiger charge is -2.36. The van der Waals surface area contributed by atoms with Gasteiger partial charge in [0.05, 0.1) is 16.8 Å². The SMILES string of the molecule is O=C1c2ccccc2[C@@H](c2c(-c3ccc(Cl)cc3Cl)[nH]c3ccccc23)N1C1CCCCC1. The number of halogens is 2. The Kier molecular flexibility index (Phi) is 5.20. The first-order valence-electron chi connectivity index (χ1n) is 11.6. The van der Waals surface area contributed by atoms with E-state index >= 15 is 0 Å². The molecule has 1 aromatic heterocycles. The maximum absolute atomic E-state index is 13.8. The van der Waals surface area contributed by atoms with Gasteiger partial charge in [-0.15, -0.1) is 0 Å². The Morgan fingerprint density at radius 2 is 1.61 bits per heavy atom. The molecule has 0 radical (unpaired) electrons. The van der Waals surface area contributed by atoms with Crippen LogP contribution in [0.2, 0.25) is 10.0 Å². The first-order valence-corrected chi connectivity index (χ1v) is 12.4. The number of rotatable bonds is 3. The topological polar surface area (TPSA) is 36.1 Å². The molecule has 4 aromatic rings. The zero-order chi connectivity index (χ0) is 22.5. The number of benzene rings is 3. The normalized spacial score (nSPS) is 18.8. The third kappa shape index (κ3) is 3.37. The number of para-hydroxylation sites is 1. The lowest BCUT2D eigenvalue weighted by Crippen LogP contribution is -2.40. The summed E-state index contributed by atoms with van der Waals surface area (Å²) in [5.41, 5.74) is 5.88. The van der Waals surface area contributed by atoms with Gasteiger partial charge in [-0.05, 0) is 48.7 Å². The molecule has 166 valence electrons. The van der Waals surface area contributed by atoms with Crippen LogP contribution in [0.1, 0.15) is 59.6 Å². The summed E-state index contributed by atoms with van der Waals surface area (Å²) in [6.07, 6.45) is 5.68. The Bertz CT molecular complexity index is 1370. The van der Waals surface area contributed by atoms with Crippen molar-refractivity contribution in [3.05, 3.63) is 93.5 Å². The number of hydrogen-bond donors (Lipinski definition) is 1. The van der Waals surface area contributed by atoms with Crippen LogP contribution >= 0.6 is 23.2 Å². The molecule has 2 aliphatic rings. The van der Waals surface area contributed by atoms with E-state index in [1.165, 1.54) is 19.3 Å². The van der Waals surface area contributed by atoms with Gasteiger partial charge < -0.3 is 9.88 Å². The Labute approximate surface area is 203 Å². The quantitative estimate of drug-likeness (QED) is 0.320. The summed E-state index contributed by atoms with van der Waals surface area (Å²) in [5.74, 6) is 0.140. The van der Waals surface area contributed by atoms with Crippen molar-refractivity contribution >= 4 is 40.0 Å². The van der Waals surface area contributed by atoms with Crippen LogP contribution in [0.25, 0.3) is 22.2 Å². The second-order valence-corrected chi connectivity index (χ2v) is 9.92. The summed E-state index contributed by atoms with van der Waals surface area (Å²) in [5, 5.41) is 2.32. The van der Waals surface area contributed by atoms with Gasteiger partial charge in [0.15, 0.2) is 0 Å². The average molecular weight is 475 g/mol. The van der Waals surface area contributed by atoms with Gasteiger partial charge in [-0.3, -0.25) is 4.79 Å². The van der Waals surface area contributed by atoms with Gasteiger partial charge in [-0.2, -0.15) is 0 Å². The van der Waals surface area contributed by atoms with Crippen LogP contribution in [0, 0.1) is 0 Å². The molecular weight excluding hydrogens is 451 g/mol. The fraction of sp³-hybridized carbons (Fsp3) is 0.250. The highest BCUT2D eigenvalue weighted by molar-refractivity contribution is 6.36. The van der Waals surface area contributed by atoms with Crippen LogP contribution in [-0.2, 0) is 0 Å². The minimum absolute atomic E-state index is 0.140. The van der Waals surface area contributed by atoms with Crippen LogP contribution in [0.15, 0.2) is 66.7 Å². The first kappa shape index (κ1) is 20.8. The maximum atomic E-state index is 13.8. The Morgan fingerprint density at radius 3 is 2.42 bits per heavy atom. The van der Waals surface area contributed by atoms with E-state index in [9.17, 15) is 4.79 Å². The number of hydrogen-bond acceptors (Lipinski definition) is 1. The van der Waals surface area contributed by atoms with Gasteiger partial charge in [-0.1, -0.05) is 78.9 Å². The molecule has 3 nitrogen and oxygen atoms in total. The molecule has 1 atom stereocenters. The van der Waals surface area contributed by atoms with Gasteiger partial charge in [0, 0.05) is 38.7 Å². The van der Waals surface area contributed by atoms with Crippen LogP contribution in [0.5, 0.6) is 0 Å². The number of fused-ring (bicyclic) bond motifs is 2. The molecular formula is C28H24Cl2N2O. The predicted molar refractivity (Wildman–Crippen MR) is 135 cm³/mol. The van der Waals surface area contributed by atoms with E-state index in [1.54, 1.807) is 6.07 Å². The molecule has 0 saturated heterocycles. The van der Waals surface area contributed by atoms with E-state index in [1.807, 2.05) is 36.4 Å². The number of carbonyl (C=O) groups excluding carboxylic acids is 1. The highest BCUT2D eigenvalue weighted by Gasteiger charge is 2.43. The maximum Gasteiger partial charge on any atom is 0.255 e. The van der Waals surface area contributed by atoms with Crippen molar-refractivity contribution in [2.75, 3.05) is 0 Å². The van der Waals surface area contributed by atoms with Gasteiger partial charge in [0.2, 0.25) is 0 Å². The number of aromatic amines is 1. The number of carbonyl (C=O) groups is 1. The van der Waals surface area contributed by atoms with E-state index in [2.05, 4.69) is 34.1 Å². The molecule has 3 aromatic carbocycles. The molecule has 0 spiro atoms. The van der Waals surface area contributed by atoms with Crippen LogP contribution in [0.4, 0.5) is 0 Å². The van der Waals surface area contributed by atoms with E-state index < -0.39 is 0 Å². The second kappa shape index (κ2) is 8.23. The minimum atomic E-state index is -0.158. The number of nitrogens with one attached hydrogen (secondary N) is 1. The summed E-state index contributed by atoms with van der Waals surface area (Å²) in [4.78, 5) is 19.6. The van der Waals surface area contributed by atoms with Crippen LogP contribution in [-0.4, -0.2) is 21.8 Å². The number of nitrogens with zero attached hydrogens (tertiary/aromatic N) is 1. The fourth-order valence-electron chi connectivity index (χ4n) is 5.72. The van der Waals surface area contributed by atoms with E-state index in [0.29, 0.717) is 10.0 Å². The van der Waals surface area contributed by atoms with Crippen molar-refractivity contribution in [1.82, 2.24) is 9.88 Å². The number of amides is 1. The van der Waals surface area contributed by atoms with Crippen molar-refractivity contribution in [2.45, 2.75) is 44.2 Å². The van der Waals surface area contributed by atoms with Crippen molar-refractivity contribution in [3.8, 4) is 11.3 Å². The predicted octanol–water partition coefficient (Wildman–Crippen LogP) is 8.02. The van der Waals surface area contributed by atoms with Gasteiger partial charge in [-0.25, -0.2) is 0 Å². The Morgan fingerprint density at radius 1 is 0.848 bits per heavy atom. The monoisotopic (exact) mass is 474 g/mol. The van der Waals surface area contributed by atoms with Gasteiger partial charge >= 0.3 is 0 Å². The molecule has 1 amide bonds. The lowest BCUT2D eigenvalue weighted by atomic mass is 9.89. The van der Waals surface area contributed by atoms with E-state index in [0.717, 1.165) is 51.7 Å². The highest BCUT2D eigenvalue weighted by Crippen LogP contribution is 2.48. The molecule has 1 aliphatic carbocycles. The third-order valence-corrected chi connectivity index (χ3v) is 7.73. The van der Waals surface area contributed by atoms with Crippen molar-refractivity contribution in [1.29, 1.82) is 0 Å². The second-order valence-electron chi connectivity index (χ2n) is 9.08. The number of aromatic nitrogens is 1. The minimum Gasteiger partial charge on any atom is -0.354 e. The molecule has 5 heteroatoms. The van der Waals surface area contributed by atoms with Crippen molar-refractivity contribution in [3.63, 3.8) is 0 Å². The smallest absolute Gasteiger partial charge is 0.255 e. The molecule has 6 rings (SSSR count). The summed E-state index contributed by atoms with van der Waals surface area (Å²) in [6, 6.07) is 22.1. The fourth-order valence-corrected chi connectivity index (χ4v) is 6.22. The molecule has 1 N–H and O–H groups in total. The zero-order valence-corrected chi connectivity index (χ0v) is 19.7. The van der Waals surface area contributed by atoms with Crippen molar-refractivity contribution < 1.29 is 4.79 Å². The average Bonchev–Trinajstić information content (AvgIpc) is 3.35. The molecule has 0 unspecified atom stereocenters. The van der Waals surface area contributed by atoms with Crippen molar-refractivity contribution in [2.24, 2.45) is 0 Å². The van der Waals surface area contributed by atoms with Gasteiger partial charge in [0.1, 0.15) is 0 Å². The summed E-state index contributed by atoms with van der Waals surface area (Å²) >= 11 is 12.9. The first-order chi connectivity index (χ1) is 16.1. The standard InChI is InChI=1S/C28H24Cl2N2O/c29-17-14-15-21(23(30)16-17)26-25(22-12-6-7-13-24(22)31-26)27-19-10-4-5-11-20(19)28(33)32(27)18-8-2-1-3-9-18/h4-7,10-16,18,27,31H,1-3,8-9H2/t27-/m0/s1. The molecule has 0 bridgehead atoms. The molecule has 2 heterocycles. The number of H-pyrrole nitrogens is 1. The largest absolute Gasteiger partial charge is 0.354 e. The van der Waals surface area contributed by atoms with Crippen LogP contribution in [0.3, 0.4) is 0 Å². The molecule has 1 fully saturated rings. The molecule has 1 aliphatic heterocycles. The van der Waals surface area contributed by atoms with E-state index in [-0.39, 0.29) is 18.0 Å². The zero-order valence-electron chi connectivity index (χ0n) is 18.2. The van der Waals surface area contributed by atoms with E-state index in [4.69, 9.17) is 23.2 Å². The van der Waals surface area contributed by atoms with Crippen LogP contribution < -0.4 is 0 Å². The molecule has 33 heavy (non-hydrogen) atoms. The Balaban J connectivity index is 1.63. The van der Waals surface area contributed by atoms with Gasteiger partial charge in [0.25, 0.3) is 5.91 Å². The lowest BCUT2D eigenvalue weighted by molar-refractivity contribution is 0.0614. The summed E-state index contributed by atoms with van der Waals surface area (Å²) in [7, 11) is 0. The summed E-state index contributed by atoms with van der Waals surface area (Å²) < 4.78 is 0. The summed E-state index contributed by atoms with van der Waals surface area (Å²) in [6.45, 7) is 0. The third-order valence-electron chi connectivity index (χ3n) is 7.19. The Hall–Kier alpha value is -2.75. The highest BCUT2D eigenvalue weighted by atomic mass is 35.5. The molecule has 1 saturated carbocycles.